The van der Waals surface area contributed by atoms with Crippen LogP contribution in [-0.4, -0.2) is 54.2 Å². The van der Waals surface area contributed by atoms with E-state index in [1.165, 1.54) is 12.8 Å². The molecule has 3 nitrogen and oxygen atoms in total. The number of aliphatic hydroxyl groups excluding tert-OH is 1. The summed E-state index contributed by atoms with van der Waals surface area (Å²) in [6, 6.07) is 2.18. The van der Waals surface area contributed by atoms with Crippen molar-refractivity contribution < 1.29 is 13.9 Å². The highest BCUT2D eigenvalue weighted by atomic mass is 35.5. The molecule has 3 rings (SSSR count). The summed E-state index contributed by atoms with van der Waals surface area (Å²) in [7, 11) is 0. The molecule has 2 aliphatic rings. The van der Waals surface area contributed by atoms with Crippen LogP contribution in [-0.2, 0) is 6.54 Å². The van der Waals surface area contributed by atoms with E-state index in [0.29, 0.717) is 12.5 Å². The van der Waals surface area contributed by atoms with Crippen LogP contribution < -0.4 is 0 Å². The SMILES string of the molecule is OC[C@H]1CN(Cc2c(F)ccc(F)c2Cl)C[C@H]1CN1CCCC1. The summed E-state index contributed by atoms with van der Waals surface area (Å²) in [4.78, 5) is 4.51. The Labute approximate surface area is 140 Å². The third kappa shape index (κ3) is 3.85. The second-order valence-electron chi connectivity index (χ2n) is 6.73. The quantitative estimate of drug-likeness (QED) is 0.832. The molecule has 0 aliphatic carbocycles. The zero-order chi connectivity index (χ0) is 16.4. The minimum atomic E-state index is -0.588. The number of hydrogen-bond donors (Lipinski definition) is 1. The second kappa shape index (κ2) is 7.43. The summed E-state index contributed by atoms with van der Waals surface area (Å²) in [6.45, 7) is 5.12. The van der Waals surface area contributed by atoms with Crippen molar-refractivity contribution in [1.29, 1.82) is 0 Å². The van der Waals surface area contributed by atoms with Gasteiger partial charge in [-0.15, -0.1) is 0 Å². The van der Waals surface area contributed by atoms with E-state index >= 15 is 0 Å². The highest BCUT2D eigenvalue weighted by Crippen LogP contribution is 2.30. The third-order valence-electron chi connectivity index (χ3n) is 5.10. The van der Waals surface area contributed by atoms with Crippen molar-refractivity contribution in [2.45, 2.75) is 19.4 Å². The Morgan fingerprint density at radius 3 is 2.39 bits per heavy atom. The Bertz CT molecular complexity index is 552. The van der Waals surface area contributed by atoms with E-state index in [1.807, 2.05) is 0 Å². The first kappa shape index (κ1) is 17.1. The van der Waals surface area contributed by atoms with Crippen molar-refractivity contribution in [3.05, 3.63) is 34.4 Å². The molecule has 2 fully saturated rings. The maximum absolute atomic E-state index is 14.0. The van der Waals surface area contributed by atoms with E-state index in [2.05, 4.69) is 9.80 Å². The van der Waals surface area contributed by atoms with Gasteiger partial charge in [-0.1, -0.05) is 11.6 Å². The molecule has 0 radical (unpaired) electrons. The van der Waals surface area contributed by atoms with Gasteiger partial charge in [0, 0.05) is 38.3 Å². The fraction of sp³-hybridized carbons (Fsp3) is 0.647. The van der Waals surface area contributed by atoms with Gasteiger partial charge in [-0.2, -0.15) is 0 Å². The smallest absolute Gasteiger partial charge is 0.142 e. The molecule has 2 heterocycles. The van der Waals surface area contributed by atoms with E-state index in [-0.39, 0.29) is 29.7 Å². The molecule has 6 heteroatoms. The molecule has 0 bridgehead atoms. The topological polar surface area (TPSA) is 26.7 Å². The molecule has 0 saturated carbocycles. The predicted octanol–water partition coefficient (Wildman–Crippen LogP) is 2.75. The van der Waals surface area contributed by atoms with Crippen LogP contribution in [0, 0.1) is 23.5 Å². The molecule has 0 unspecified atom stereocenters. The average Bonchev–Trinajstić information content (AvgIpc) is 3.18. The fourth-order valence-electron chi connectivity index (χ4n) is 3.81. The van der Waals surface area contributed by atoms with Crippen LogP contribution in [0.25, 0.3) is 0 Å². The van der Waals surface area contributed by atoms with E-state index < -0.39 is 11.6 Å². The summed E-state index contributed by atoms with van der Waals surface area (Å²) in [6.07, 6.45) is 2.48. The molecule has 0 aromatic heterocycles. The Kier molecular flexibility index (Phi) is 5.52. The lowest BCUT2D eigenvalue weighted by Gasteiger charge is -2.23. The molecule has 2 aliphatic heterocycles. The lowest BCUT2D eigenvalue weighted by molar-refractivity contribution is 0.175. The van der Waals surface area contributed by atoms with Crippen LogP contribution in [0.4, 0.5) is 8.78 Å². The monoisotopic (exact) mass is 344 g/mol. The molecule has 2 saturated heterocycles. The van der Waals surface area contributed by atoms with Gasteiger partial charge in [0.1, 0.15) is 11.6 Å². The lowest BCUT2D eigenvalue weighted by atomic mass is 9.96. The van der Waals surface area contributed by atoms with Gasteiger partial charge in [-0.25, -0.2) is 8.78 Å². The Morgan fingerprint density at radius 1 is 1.04 bits per heavy atom. The molecule has 2 atom stereocenters. The largest absolute Gasteiger partial charge is 0.396 e. The van der Waals surface area contributed by atoms with Crippen molar-refractivity contribution in [2.24, 2.45) is 11.8 Å². The molecule has 1 aromatic rings. The van der Waals surface area contributed by atoms with Crippen molar-refractivity contribution in [3.8, 4) is 0 Å². The Hall–Kier alpha value is -0.750. The highest BCUT2D eigenvalue weighted by molar-refractivity contribution is 6.31. The molecular formula is C17H23ClF2N2O. The number of rotatable bonds is 5. The van der Waals surface area contributed by atoms with Crippen LogP contribution in [0.2, 0.25) is 5.02 Å². The maximum atomic E-state index is 14.0. The van der Waals surface area contributed by atoms with Gasteiger partial charge >= 0.3 is 0 Å². The summed E-state index contributed by atoms with van der Waals surface area (Å²) >= 11 is 5.92. The zero-order valence-electron chi connectivity index (χ0n) is 13.1. The highest BCUT2D eigenvalue weighted by Gasteiger charge is 2.34. The first-order valence-electron chi connectivity index (χ1n) is 8.26. The number of nitrogens with zero attached hydrogens (tertiary/aromatic N) is 2. The lowest BCUT2D eigenvalue weighted by Crippen LogP contribution is -2.31. The van der Waals surface area contributed by atoms with Gasteiger partial charge in [0.2, 0.25) is 0 Å². The normalized spacial score (nSPS) is 26.3. The van der Waals surface area contributed by atoms with E-state index in [0.717, 1.165) is 38.3 Å². The number of aliphatic hydroxyl groups is 1. The molecule has 0 spiro atoms. The zero-order valence-corrected chi connectivity index (χ0v) is 13.9. The molecule has 1 aromatic carbocycles. The van der Waals surface area contributed by atoms with Gasteiger partial charge in [-0.3, -0.25) is 4.90 Å². The van der Waals surface area contributed by atoms with Crippen molar-refractivity contribution >= 4 is 11.6 Å². The number of hydrogen-bond acceptors (Lipinski definition) is 3. The van der Waals surface area contributed by atoms with Crippen molar-refractivity contribution in [3.63, 3.8) is 0 Å². The minimum Gasteiger partial charge on any atom is -0.396 e. The number of likely N-dealkylation sites (tertiary alicyclic amines) is 2. The fourth-order valence-corrected chi connectivity index (χ4v) is 4.03. The standard InChI is InChI=1S/C17H23ClF2N2O/c18-17-14(15(19)3-4-16(17)20)10-22-8-12(13(9-22)11-23)7-21-5-1-2-6-21/h3-4,12-13,23H,1-2,5-11H2/t12-,13-/m1/s1. The van der Waals surface area contributed by atoms with Gasteiger partial charge in [0.15, 0.2) is 0 Å². The van der Waals surface area contributed by atoms with Gasteiger partial charge in [-0.05, 0) is 49.9 Å². The maximum Gasteiger partial charge on any atom is 0.142 e. The van der Waals surface area contributed by atoms with Crippen molar-refractivity contribution in [1.82, 2.24) is 9.80 Å². The molecule has 0 amide bonds. The summed E-state index contributed by atoms with van der Waals surface area (Å²) in [5, 5.41) is 9.51. The van der Waals surface area contributed by atoms with Crippen LogP contribution in [0.15, 0.2) is 12.1 Å². The summed E-state index contributed by atoms with van der Waals surface area (Å²) in [5.74, 6) is -0.506. The Balaban J connectivity index is 1.66. The molecule has 23 heavy (non-hydrogen) atoms. The van der Waals surface area contributed by atoms with Gasteiger partial charge in [0.05, 0.1) is 5.02 Å². The molecular weight excluding hydrogens is 322 g/mol. The minimum absolute atomic E-state index is 0.131. The molecule has 128 valence electrons. The van der Waals surface area contributed by atoms with Crippen LogP contribution >= 0.6 is 11.6 Å². The average molecular weight is 345 g/mol. The Morgan fingerprint density at radius 2 is 1.70 bits per heavy atom. The number of halogens is 3. The van der Waals surface area contributed by atoms with Gasteiger partial charge < -0.3 is 10.0 Å². The van der Waals surface area contributed by atoms with Gasteiger partial charge in [0.25, 0.3) is 0 Å². The van der Waals surface area contributed by atoms with Crippen LogP contribution in [0.1, 0.15) is 18.4 Å². The summed E-state index contributed by atoms with van der Waals surface area (Å²) in [5.41, 5.74) is 0.213. The molecule has 1 N–H and O–H groups in total. The first-order valence-corrected chi connectivity index (χ1v) is 8.64. The van der Waals surface area contributed by atoms with Crippen molar-refractivity contribution in [2.75, 3.05) is 39.3 Å². The van der Waals surface area contributed by atoms with Crippen LogP contribution in [0.5, 0.6) is 0 Å². The van der Waals surface area contributed by atoms with E-state index in [1.54, 1.807) is 0 Å². The predicted molar refractivity (Wildman–Crippen MR) is 86.4 cm³/mol. The number of benzene rings is 1. The second-order valence-corrected chi connectivity index (χ2v) is 7.10. The first-order chi connectivity index (χ1) is 11.1. The summed E-state index contributed by atoms with van der Waals surface area (Å²) < 4.78 is 27.5. The van der Waals surface area contributed by atoms with E-state index in [9.17, 15) is 13.9 Å². The third-order valence-corrected chi connectivity index (χ3v) is 5.51. The van der Waals surface area contributed by atoms with Crippen LogP contribution in [0.3, 0.4) is 0 Å². The van der Waals surface area contributed by atoms with E-state index in [4.69, 9.17) is 11.6 Å².